The lowest BCUT2D eigenvalue weighted by Crippen LogP contribution is -2.40. The molecule has 1 saturated carbocycles. The molecule has 0 bridgehead atoms. The first kappa shape index (κ1) is 17.0. The van der Waals surface area contributed by atoms with Crippen LogP contribution in [0.5, 0.6) is 0 Å². The minimum Gasteiger partial charge on any atom is -0.335 e. The topological polar surface area (TPSA) is 98.7 Å². The molecule has 2 heterocycles. The van der Waals surface area contributed by atoms with Crippen LogP contribution in [-0.2, 0) is 18.6 Å². The quantitative estimate of drug-likeness (QED) is 0.872. The Morgan fingerprint density at radius 3 is 2.33 bits per heavy atom. The lowest BCUT2D eigenvalue weighted by molar-refractivity contribution is 0.289. The first-order valence-corrected chi connectivity index (χ1v) is 9.04. The molecule has 0 spiro atoms. The molecule has 3 N–H and O–H groups in total. The fourth-order valence-corrected chi connectivity index (χ4v) is 3.67. The third kappa shape index (κ3) is 2.70. The predicted octanol–water partition coefficient (Wildman–Crippen LogP) is 1.82. The molecule has 0 radical (unpaired) electrons. The first-order chi connectivity index (χ1) is 11.5. The number of hydrogen-bond donors (Lipinski definition) is 2. The van der Waals surface area contributed by atoms with E-state index in [0.29, 0.717) is 30.1 Å². The molecule has 7 heteroatoms. The molecule has 1 fully saturated rings. The van der Waals surface area contributed by atoms with Gasteiger partial charge >= 0.3 is 5.69 Å². The number of nitrogens with zero attached hydrogens (tertiary/aromatic N) is 3. The molecule has 0 aromatic carbocycles. The second-order valence-electron chi connectivity index (χ2n) is 6.89. The molecule has 2 aromatic rings. The Labute approximate surface area is 140 Å². The van der Waals surface area contributed by atoms with E-state index < -0.39 is 5.54 Å². The second-order valence-corrected chi connectivity index (χ2v) is 6.89. The Kier molecular flexibility index (Phi) is 4.62. The van der Waals surface area contributed by atoms with Crippen molar-refractivity contribution in [3.63, 3.8) is 0 Å². The van der Waals surface area contributed by atoms with Gasteiger partial charge in [-0.2, -0.15) is 0 Å². The van der Waals surface area contributed by atoms with E-state index in [4.69, 9.17) is 5.73 Å². The highest BCUT2D eigenvalue weighted by Crippen LogP contribution is 2.33. The van der Waals surface area contributed by atoms with Gasteiger partial charge in [0, 0.05) is 13.1 Å². The van der Waals surface area contributed by atoms with Crippen molar-refractivity contribution in [2.45, 2.75) is 77.4 Å². The summed E-state index contributed by atoms with van der Waals surface area (Å²) in [5, 5.41) is 0. The van der Waals surface area contributed by atoms with Crippen molar-refractivity contribution < 1.29 is 0 Å². The molecule has 2 aromatic heterocycles. The number of imidazole rings is 1. The summed E-state index contributed by atoms with van der Waals surface area (Å²) in [6.45, 7) is 4.92. The summed E-state index contributed by atoms with van der Waals surface area (Å²) in [5.41, 5.74) is 6.33. The molecule has 0 amide bonds. The lowest BCUT2D eigenvalue weighted by Gasteiger charge is -2.31. The minimum absolute atomic E-state index is 0.274. The SMILES string of the molecule is CCCn1c(=O)c2[nH]c(C3(N)CCCCC3)nc2n(CCC)c1=O. The van der Waals surface area contributed by atoms with E-state index in [0.717, 1.165) is 38.5 Å². The molecule has 0 atom stereocenters. The van der Waals surface area contributed by atoms with Crippen molar-refractivity contribution in [2.75, 3.05) is 0 Å². The molecule has 0 aliphatic heterocycles. The standard InChI is InChI=1S/C17H27N5O2/c1-3-10-21-13-12(14(23)22(11-4-2)16(21)24)19-15(20-13)17(18)8-6-5-7-9-17/h3-11,18H2,1-2H3,(H,19,20). The molecule has 24 heavy (non-hydrogen) atoms. The van der Waals surface area contributed by atoms with Crippen LogP contribution >= 0.6 is 0 Å². The van der Waals surface area contributed by atoms with Crippen LogP contribution in [0.2, 0.25) is 0 Å². The van der Waals surface area contributed by atoms with Crippen molar-refractivity contribution >= 4 is 11.2 Å². The van der Waals surface area contributed by atoms with Crippen LogP contribution in [0.25, 0.3) is 11.2 Å². The number of H-pyrrole nitrogens is 1. The number of rotatable bonds is 5. The minimum atomic E-state index is -0.521. The first-order valence-electron chi connectivity index (χ1n) is 9.04. The van der Waals surface area contributed by atoms with Crippen LogP contribution in [-0.4, -0.2) is 19.1 Å². The van der Waals surface area contributed by atoms with Crippen LogP contribution in [0.15, 0.2) is 9.59 Å². The summed E-state index contributed by atoms with van der Waals surface area (Å²) in [7, 11) is 0. The average Bonchev–Trinajstić information content (AvgIpc) is 3.02. The highest BCUT2D eigenvalue weighted by Gasteiger charge is 2.33. The largest absolute Gasteiger partial charge is 0.335 e. The molecule has 7 nitrogen and oxygen atoms in total. The van der Waals surface area contributed by atoms with E-state index in [1.807, 2.05) is 13.8 Å². The van der Waals surface area contributed by atoms with Crippen LogP contribution in [0.3, 0.4) is 0 Å². The predicted molar refractivity (Wildman–Crippen MR) is 94.1 cm³/mol. The van der Waals surface area contributed by atoms with E-state index in [1.165, 1.54) is 11.0 Å². The molecule has 1 aliphatic rings. The van der Waals surface area contributed by atoms with Crippen molar-refractivity contribution in [1.82, 2.24) is 19.1 Å². The summed E-state index contributed by atoms with van der Waals surface area (Å²) >= 11 is 0. The summed E-state index contributed by atoms with van der Waals surface area (Å²) in [4.78, 5) is 33.2. The molecule has 132 valence electrons. The van der Waals surface area contributed by atoms with Crippen molar-refractivity contribution in [2.24, 2.45) is 5.73 Å². The fraction of sp³-hybridized carbons (Fsp3) is 0.706. The van der Waals surface area contributed by atoms with Crippen LogP contribution < -0.4 is 17.0 Å². The zero-order valence-electron chi connectivity index (χ0n) is 14.6. The van der Waals surface area contributed by atoms with E-state index in [-0.39, 0.29) is 11.2 Å². The van der Waals surface area contributed by atoms with Gasteiger partial charge in [-0.3, -0.25) is 13.9 Å². The third-order valence-corrected chi connectivity index (χ3v) is 4.97. The van der Waals surface area contributed by atoms with Gasteiger partial charge in [0.15, 0.2) is 5.65 Å². The van der Waals surface area contributed by atoms with Gasteiger partial charge in [-0.25, -0.2) is 9.78 Å². The maximum absolute atomic E-state index is 12.7. The normalized spacial score (nSPS) is 17.5. The Hall–Kier alpha value is -1.89. The highest BCUT2D eigenvalue weighted by molar-refractivity contribution is 5.70. The summed E-state index contributed by atoms with van der Waals surface area (Å²) < 4.78 is 2.92. The molecular weight excluding hydrogens is 306 g/mol. The van der Waals surface area contributed by atoms with Gasteiger partial charge < -0.3 is 10.7 Å². The van der Waals surface area contributed by atoms with E-state index in [2.05, 4.69) is 9.97 Å². The molecular formula is C17H27N5O2. The van der Waals surface area contributed by atoms with E-state index in [1.54, 1.807) is 4.57 Å². The monoisotopic (exact) mass is 333 g/mol. The summed E-state index contributed by atoms with van der Waals surface area (Å²) in [5.74, 6) is 0.646. The van der Waals surface area contributed by atoms with Gasteiger partial charge in [-0.1, -0.05) is 33.1 Å². The average molecular weight is 333 g/mol. The molecule has 3 rings (SSSR count). The number of aryl methyl sites for hydroxylation is 1. The lowest BCUT2D eigenvalue weighted by atomic mass is 9.82. The maximum Gasteiger partial charge on any atom is 0.332 e. The van der Waals surface area contributed by atoms with Gasteiger partial charge in [0.25, 0.3) is 5.56 Å². The Morgan fingerprint density at radius 1 is 1.08 bits per heavy atom. The number of nitrogens with one attached hydrogen (secondary N) is 1. The summed E-state index contributed by atoms with van der Waals surface area (Å²) in [6.07, 6.45) is 6.56. The molecule has 1 aliphatic carbocycles. The fourth-order valence-electron chi connectivity index (χ4n) is 3.67. The van der Waals surface area contributed by atoms with Gasteiger partial charge in [0.05, 0.1) is 5.54 Å². The van der Waals surface area contributed by atoms with Gasteiger partial charge in [-0.05, 0) is 25.7 Å². The molecule has 0 saturated heterocycles. The van der Waals surface area contributed by atoms with Gasteiger partial charge in [0.2, 0.25) is 0 Å². The number of nitrogens with two attached hydrogens (primary N) is 1. The number of aromatic nitrogens is 4. The number of fused-ring (bicyclic) bond motifs is 1. The Balaban J connectivity index is 2.24. The third-order valence-electron chi connectivity index (χ3n) is 4.97. The summed E-state index contributed by atoms with van der Waals surface area (Å²) in [6, 6.07) is 0. The Morgan fingerprint density at radius 2 is 1.71 bits per heavy atom. The van der Waals surface area contributed by atoms with E-state index in [9.17, 15) is 9.59 Å². The molecule has 0 unspecified atom stereocenters. The van der Waals surface area contributed by atoms with Crippen molar-refractivity contribution in [1.29, 1.82) is 0 Å². The zero-order chi connectivity index (χ0) is 17.3. The Bertz CT molecular complexity index is 839. The highest BCUT2D eigenvalue weighted by atomic mass is 16.2. The van der Waals surface area contributed by atoms with Crippen molar-refractivity contribution in [3.8, 4) is 0 Å². The van der Waals surface area contributed by atoms with Crippen LogP contribution in [0, 0.1) is 0 Å². The number of hydrogen-bond acceptors (Lipinski definition) is 4. The zero-order valence-corrected chi connectivity index (χ0v) is 14.6. The van der Waals surface area contributed by atoms with Gasteiger partial charge in [0.1, 0.15) is 11.3 Å². The number of aromatic amines is 1. The maximum atomic E-state index is 12.7. The van der Waals surface area contributed by atoms with Crippen LogP contribution in [0.4, 0.5) is 0 Å². The van der Waals surface area contributed by atoms with Gasteiger partial charge in [-0.15, -0.1) is 0 Å². The second kappa shape index (κ2) is 6.55. The smallest absolute Gasteiger partial charge is 0.332 e. The van der Waals surface area contributed by atoms with E-state index >= 15 is 0 Å². The van der Waals surface area contributed by atoms with Crippen molar-refractivity contribution in [3.05, 3.63) is 26.7 Å². The van der Waals surface area contributed by atoms with Crippen LogP contribution in [0.1, 0.15) is 64.6 Å².